The number of hydrogen-bond donors (Lipinski definition) is 0. The van der Waals surface area contributed by atoms with Crippen molar-refractivity contribution in [2.24, 2.45) is 0 Å². The Bertz CT molecular complexity index is 78.7. The molecular formula is C5H13FO3Si. The average molecular weight is 168 g/mol. The lowest BCUT2D eigenvalue weighted by atomic mass is 10.9. The van der Waals surface area contributed by atoms with E-state index in [1.54, 1.807) is 0 Å². The first-order valence-electron chi connectivity index (χ1n) is 2.96. The SMILES string of the molecule is CO[Si](CCF)(OC)OC. The van der Waals surface area contributed by atoms with E-state index >= 15 is 0 Å². The summed E-state index contributed by atoms with van der Waals surface area (Å²) in [5.41, 5.74) is 0. The van der Waals surface area contributed by atoms with Crippen molar-refractivity contribution >= 4 is 8.80 Å². The molecule has 0 aliphatic heterocycles. The highest BCUT2D eigenvalue weighted by atomic mass is 28.4. The minimum atomic E-state index is -2.59. The fraction of sp³-hybridized carbons (Fsp3) is 1.00. The normalized spacial score (nSPS) is 12.0. The summed E-state index contributed by atoms with van der Waals surface area (Å²) < 4.78 is 26.6. The third kappa shape index (κ3) is 2.34. The Morgan fingerprint density at radius 1 is 1.10 bits per heavy atom. The van der Waals surface area contributed by atoms with Crippen LogP contribution in [0.2, 0.25) is 6.04 Å². The van der Waals surface area contributed by atoms with Crippen molar-refractivity contribution < 1.29 is 17.7 Å². The minimum absolute atomic E-state index is 0.219. The Labute approximate surface area is 61.5 Å². The summed E-state index contributed by atoms with van der Waals surface area (Å²) in [6.45, 7) is -0.470. The number of rotatable bonds is 5. The summed E-state index contributed by atoms with van der Waals surface area (Å²) in [4.78, 5) is 0. The van der Waals surface area contributed by atoms with Gasteiger partial charge in [0.15, 0.2) is 0 Å². The van der Waals surface area contributed by atoms with Crippen LogP contribution in [0, 0.1) is 0 Å². The number of halogens is 1. The Balaban J connectivity index is 3.87. The zero-order valence-corrected chi connectivity index (χ0v) is 7.52. The van der Waals surface area contributed by atoms with Gasteiger partial charge in [-0.05, 0) is 0 Å². The second kappa shape index (κ2) is 4.78. The second-order valence-electron chi connectivity index (χ2n) is 1.73. The predicted molar refractivity (Wildman–Crippen MR) is 37.6 cm³/mol. The molecule has 10 heavy (non-hydrogen) atoms. The summed E-state index contributed by atoms with van der Waals surface area (Å²) in [5, 5.41) is 0. The van der Waals surface area contributed by atoms with Gasteiger partial charge >= 0.3 is 8.80 Å². The van der Waals surface area contributed by atoms with E-state index in [0.29, 0.717) is 0 Å². The quantitative estimate of drug-likeness (QED) is 0.569. The largest absolute Gasteiger partial charge is 0.502 e. The van der Waals surface area contributed by atoms with E-state index in [9.17, 15) is 4.39 Å². The molecule has 0 radical (unpaired) electrons. The first-order chi connectivity index (χ1) is 4.74. The van der Waals surface area contributed by atoms with Crippen molar-refractivity contribution in [3.63, 3.8) is 0 Å². The molecule has 0 saturated heterocycles. The molecule has 0 amide bonds. The lowest BCUT2D eigenvalue weighted by Gasteiger charge is -2.22. The van der Waals surface area contributed by atoms with E-state index in [2.05, 4.69) is 0 Å². The molecule has 0 unspecified atom stereocenters. The zero-order chi connectivity index (χ0) is 8.04. The van der Waals surface area contributed by atoms with Crippen molar-refractivity contribution in [2.45, 2.75) is 6.04 Å². The van der Waals surface area contributed by atoms with E-state index in [-0.39, 0.29) is 6.04 Å². The molecule has 62 valence electrons. The van der Waals surface area contributed by atoms with Crippen LogP contribution in [0.15, 0.2) is 0 Å². The van der Waals surface area contributed by atoms with Crippen LogP contribution in [0.1, 0.15) is 0 Å². The van der Waals surface area contributed by atoms with Crippen LogP contribution in [0.5, 0.6) is 0 Å². The third-order valence-corrected chi connectivity index (χ3v) is 4.00. The van der Waals surface area contributed by atoms with Crippen LogP contribution >= 0.6 is 0 Å². The maximum atomic E-state index is 11.8. The van der Waals surface area contributed by atoms with E-state index in [0.717, 1.165) is 0 Å². The molecule has 3 nitrogen and oxygen atoms in total. The Kier molecular flexibility index (Phi) is 4.80. The highest BCUT2D eigenvalue weighted by Gasteiger charge is 2.37. The molecule has 0 fully saturated rings. The van der Waals surface area contributed by atoms with Crippen LogP contribution in [-0.4, -0.2) is 36.8 Å². The monoisotopic (exact) mass is 168 g/mol. The molecule has 0 spiro atoms. The van der Waals surface area contributed by atoms with Crippen molar-refractivity contribution in [1.82, 2.24) is 0 Å². The summed E-state index contributed by atoms with van der Waals surface area (Å²) in [6.07, 6.45) is 0. The van der Waals surface area contributed by atoms with Crippen molar-refractivity contribution in [3.8, 4) is 0 Å². The van der Waals surface area contributed by atoms with Gasteiger partial charge in [0.25, 0.3) is 0 Å². The fourth-order valence-electron chi connectivity index (χ4n) is 0.672. The molecule has 0 aromatic rings. The highest BCUT2D eigenvalue weighted by Crippen LogP contribution is 2.11. The topological polar surface area (TPSA) is 27.7 Å². The molecule has 0 rings (SSSR count). The van der Waals surface area contributed by atoms with Crippen LogP contribution in [0.4, 0.5) is 4.39 Å². The molecule has 0 aliphatic rings. The van der Waals surface area contributed by atoms with Crippen molar-refractivity contribution in [1.29, 1.82) is 0 Å². The summed E-state index contributed by atoms with van der Waals surface area (Å²) in [7, 11) is 1.81. The van der Waals surface area contributed by atoms with Gasteiger partial charge in [0.2, 0.25) is 0 Å². The van der Waals surface area contributed by atoms with Gasteiger partial charge < -0.3 is 13.3 Å². The Hall–Kier alpha value is 0.0269. The summed E-state index contributed by atoms with van der Waals surface area (Å²) >= 11 is 0. The summed E-state index contributed by atoms with van der Waals surface area (Å²) in [6, 6.07) is 0.219. The Morgan fingerprint density at radius 2 is 1.50 bits per heavy atom. The maximum absolute atomic E-state index is 11.8. The average Bonchev–Trinajstić information content (AvgIpc) is 2.01. The molecule has 0 N–H and O–H groups in total. The predicted octanol–water partition coefficient (Wildman–Crippen LogP) is 0.834. The molecular weight excluding hydrogens is 155 g/mol. The lowest BCUT2D eigenvalue weighted by molar-refractivity contribution is 0.121. The van der Waals surface area contributed by atoms with Gasteiger partial charge in [0.05, 0.1) is 6.67 Å². The molecule has 0 saturated carbocycles. The maximum Gasteiger partial charge on any atom is 0.502 e. The summed E-state index contributed by atoms with van der Waals surface area (Å²) in [5.74, 6) is 0. The molecule has 0 bridgehead atoms. The van der Waals surface area contributed by atoms with Crippen LogP contribution < -0.4 is 0 Å². The van der Waals surface area contributed by atoms with Crippen LogP contribution in [0.25, 0.3) is 0 Å². The standard InChI is InChI=1S/C5H13FO3Si/c1-7-10(8-2,9-3)5-4-6/h4-5H2,1-3H3. The van der Waals surface area contributed by atoms with Crippen LogP contribution in [-0.2, 0) is 13.3 Å². The van der Waals surface area contributed by atoms with Crippen molar-refractivity contribution in [3.05, 3.63) is 0 Å². The van der Waals surface area contributed by atoms with Crippen LogP contribution in [0.3, 0.4) is 0 Å². The van der Waals surface area contributed by atoms with E-state index in [1.807, 2.05) is 0 Å². The number of hydrogen-bond acceptors (Lipinski definition) is 3. The molecule has 0 heterocycles. The van der Waals surface area contributed by atoms with E-state index in [4.69, 9.17) is 13.3 Å². The van der Waals surface area contributed by atoms with Gasteiger partial charge in [-0.15, -0.1) is 0 Å². The molecule has 0 aliphatic carbocycles. The van der Waals surface area contributed by atoms with E-state index in [1.165, 1.54) is 21.3 Å². The number of alkyl halides is 1. The first-order valence-corrected chi connectivity index (χ1v) is 4.89. The van der Waals surface area contributed by atoms with Gasteiger partial charge in [-0.1, -0.05) is 0 Å². The lowest BCUT2D eigenvalue weighted by Crippen LogP contribution is -2.43. The van der Waals surface area contributed by atoms with Gasteiger partial charge in [-0.25, -0.2) is 0 Å². The second-order valence-corrected chi connectivity index (χ2v) is 4.83. The van der Waals surface area contributed by atoms with Gasteiger partial charge in [0, 0.05) is 27.4 Å². The van der Waals surface area contributed by atoms with Gasteiger partial charge in [-0.3, -0.25) is 4.39 Å². The van der Waals surface area contributed by atoms with Gasteiger partial charge in [-0.2, -0.15) is 0 Å². The highest BCUT2D eigenvalue weighted by molar-refractivity contribution is 6.60. The van der Waals surface area contributed by atoms with E-state index < -0.39 is 15.5 Å². The molecule has 0 aromatic carbocycles. The minimum Gasteiger partial charge on any atom is -0.377 e. The smallest absolute Gasteiger partial charge is 0.377 e. The van der Waals surface area contributed by atoms with Gasteiger partial charge in [0.1, 0.15) is 0 Å². The molecule has 5 heteroatoms. The van der Waals surface area contributed by atoms with Crippen molar-refractivity contribution in [2.75, 3.05) is 28.0 Å². The molecule has 0 atom stereocenters. The molecule has 0 aromatic heterocycles. The first kappa shape index (κ1) is 10.0. The Morgan fingerprint density at radius 3 is 1.60 bits per heavy atom. The third-order valence-electron chi connectivity index (χ3n) is 1.33. The fourth-order valence-corrected chi connectivity index (χ4v) is 2.02. The zero-order valence-electron chi connectivity index (χ0n) is 6.52.